The van der Waals surface area contributed by atoms with E-state index >= 15 is 0 Å². The molecule has 0 N–H and O–H groups in total. The molecule has 1 atom stereocenters. The summed E-state index contributed by atoms with van der Waals surface area (Å²) in [5.41, 5.74) is 2.45. The van der Waals surface area contributed by atoms with Crippen LogP contribution in [0.5, 0.6) is 5.75 Å². The predicted molar refractivity (Wildman–Crippen MR) is 68.4 cm³/mol. The monoisotopic (exact) mass is 318 g/mol. The van der Waals surface area contributed by atoms with Gasteiger partial charge in [0.15, 0.2) is 9.86 Å². The molecule has 0 aromatic heterocycles. The first-order valence-electron chi connectivity index (χ1n) is 5.16. The summed E-state index contributed by atoms with van der Waals surface area (Å²) in [4.78, 5) is 10.8. The third kappa shape index (κ3) is 1.87. The Bertz CT molecular complexity index is 374. The molecule has 0 saturated heterocycles. The van der Waals surface area contributed by atoms with Gasteiger partial charge >= 0.3 is 0 Å². The molecule has 3 heteroatoms. The van der Waals surface area contributed by atoms with Gasteiger partial charge in [-0.15, -0.1) is 0 Å². The number of hydrogen-bond acceptors (Lipinski definition) is 2. The van der Waals surface area contributed by atoms with Crippen LogP contribution in [0, 0.1) is 0 Å². The summed E-state index contributed by atoms with van der Waals surface area (Å²) in [5.74, 6) is 0.863. The zero-order chi connectivity index (χ0) is 11.1. The van der Waals surface area contributed by atoms with Gasteiger partial charge in [0, 0.05) is 5.41 Å². The van der Waals surface area contributed by atoms with Crippen LogP contribution in [0.25, 0.3) is 0 Å². The highest BCUT2D eigenvalue weighted by Gasteiger charge is 2.34. The van der Waals surface area contributed by atoms with Crippen molar-refractivity contribution in [3.63, 3.8) is 0 Å². The van der Waals surface area contributed by atoms with Crippen molar-refractivity contribution in [2.75, 3.05) is 0 Å². The molecule has 1 aliphatic heterocycles. The number of hydrogen-bond donors (Lipinski definition) is 0. The second-order valence-electron chi connectivity index (χ2n) is 4.39. The Labute approximate surface area is 104 Å². The molecule has 1 aromatic carbocycles. The maximum atomic E-state index is 5.40. The number of rotatable bonds is 1. The third-order valence-electron chi connectivity index (χ3n) is 2.98. The highest BCUT2D eigenvalue weighted by molar-refractivity contribution is 14.1. The first-order valence-corrected chi connectivity index (χ1v) is 6.41. The van der Waals surface area contributed by atoms with Crippen molar-refractivity contribution in [2.45, 2.75) is 36.7 Å². The molecule has 0 saturated carbocycles. The summed E-state index contributed by atoms with van der Waals surface area (Å²) in [5, 5.41) is 0. The summed E-state index contributed by atoms with van der Waals surface area (Å²) in [6.07, 6.45) is 0.964. The molecule has 0 fully saturated rings. The molecule has 1 heterocycles. The quantitative estimate of drug-likeness (QED) is 0.447. The van der Waals surface area contributed by atoms with Crippen molar-refractivity contribution in [1.82, 2.24) is 0 Å². The maximum absolute atomic E-state index is 5.40. The maximum Gasteiger partial charge on any atom is 0.168 e. The van der Waals surface area contributed by atoms with Crippen LogP contribution in [-0.4, -0.2) is 4.11 Å². The average molecular weight is 318 g/mol. The van der Waals surface area contributed by atoms with E-state index in [-0.39, 0.29) is 9.53 Å². The van der Waals surface area contributed by atoms with Gasteiger partial charge in [-0.2, -0.15) is 4.89 Å². The molecule has 1 aromatic rings. The minimum atomic E-state index is -0.0158. The Kier molecular flexibility index (Phi) is 2.94. The second-order valence-corrected chi connectivity index (χ2v) is 5.52. The fourth-order valence-electron chi connectivity index (χ4n) is 1.67. The van der Waals surface area contributed by atoms with Crippen molar-refractivity contribution in [3.05, 3.63) is 29.3 Å². The molecular weight excluding hydrogens is 303 g/mol. The minimum Gasteiger partial charge on any atom is -0.336 e. The Morgan fingerprint density at radius 2 is 2.13 bits per heavy atom. The van der Waals surface area contributed by atoms with Crippen LogP contribution < -0.4 is 4.89 Å². The fourth-order valence-corrected chi connectivity index (χ4v) is 2.13. The highest BCUT2D eigenvalue weighted by atomic mass is 127. The SMILES string of the molecule is CCc1ccc2cc1OOC(I)C2(C)C. The zero-order valence-electron chi connectivity index (χ0n) is 9.21. The molecule has 1 aliphatic rings. The fraction of sp³-hybridized carbons (Fsp3) is 0.500. The lowest BCUT2D eigenvalue weighted by atomic mass is 9.85. The van der Waals surface area contributed by atoms with Crippen molar-refractivity contribution in [3.8, 4) is 5.75 Å². The summed E-state index contributed by atoms with van der Waals surface area (Å²) < 4.78 is 0.0275. The lowest BCUT2D eigenvalue weighted by molar-refractivity contribution is -0.222. The van der Waals surface area contributed by atoms with E-state index in [1.54, 1.807) is 0 Å². The van der Waals surface area contributed by atoms with Crippen LogP contribution in [0.2, 0.25) is 0 Å². The Balaban J connectivity index is 2.50. The van der Waals surface area contributed by atoms with E-state index in [1.165, 1.54) is 11.1 Å². The van der Waals surface area contributed by atoms with E-state index in [1.807, 2.05) is 0 Å². The van der Waals surface area contributed by atoms with Gasteiger partial charge in [-0.3, -0.25) is 0 Å². The van der Waals surface area contributed by atoms with Gasteiger partial charge in [0.2, 0.25) is 0 Å². The van der Waals surface area contributed by atoms with Crippen molar-refractivity contribution in [2.24, 2.45) is 0 Å². The highest BCUT2D eigenvalue weighted by Crippen LogP contribution is 2.39. The number of aryl methyl sites for hydroxylation is 1. The molecule has 2 rings (SSSR count). The molecular formula is C12H15IO2. The summed E-state index contributed by atoms with van der Waals surface area (Å²) in [7, 11) is 0. The van der Waals surface area contributed by atoms with Gasteiger partial charge in [-0.05, 0) is 46.2 Å². The van der Waals surface area contributed by atoms with E-state index in [9.17, 15) is 0 Å². The van der Waals surface area contributed by atoms with E-state index in [4.69, 9.17) is 9.78 Å². The summed E-state index contributed by atoms with van der Waals surface area (Å²) in [6, 6.07) is 6.40. The summed E-state index contributed by atoms with van der Waals surface area (Å²) >= 11 is 2.28. The van der Waals surface area contributed by atoms with Gasteiger partial charge < -0.3 is 4.89 Å². The van der Waals surface area contributed by atoms with E-state index in [2.05, 4.69) is 61.6 Å². The number of fused-ring (bicyclic) bond motifs is 2. The minimum absolute atomic E-state index is 0.0158. The third-order valence-corrected chi connectivity index (χ3v) is 4.75. The van der Waals surface area contributed by atoms with Crippen LogP contribution in [0.4, 0.5) is 0 Å². The molecule has 15 heavy (non-hydrogen) atoms. The molecule has 82 valence electrons. The van der Waals surface area contributed by atoms with Crippen LogP contribution in [0.15, 0.2) is 18.2 Å². The Morgan fingerprint density at radius 3 is 2.80 bits per heavy atom. The lowest BCUT2D eigenvalue weighted by Crippen LogP contribution is -2.30. The largest absolute Gasteiger partial charge is 0.336 e. The van der Waals surface area contributed by atoms with Crippen molar-refractivity contribution in [1.29, 1.82) is 0 Å². The normalized spacial score (nSPS) is 23.1. The molecule has 0 radical (unpaired) electrons. The number of halogens is 1. The topological polar surface area (TPSA) is 18.5 Å². The Hall–Kier alpha value is -0.290. The number of alkyl halides is 1. The van der Waals surface area contributed by atoms with E-state index in [0.717, 1.165) is 12.2 Å². The molecule has 1 unspecified atom stereocenters. The van der Waals surface area contributed by atoms with Gasteiger partial charge in [0.1, 0.15) is 0 Å². The van der Waals surface area contributed by atoms with Crippen molar-refractivity contribution < 1.29 is 9.78 Å². The van der Waals surface area contributed by atoms with Gasteiger partial charge in [-0.1, -0.05) is 32.9 Å². The van der Waals surface area contributed by atoms with E-state index < -0.39 is 0 Å². The van der Waals surface area contributed by atoms with Gasteiger partial charge in [-0.25, -0.2) is 0 Å². The van der Waals surface area contributed by atoms with Crippen LogP contribution in [0.3, 0.4) is 0 Å². The smallest absolute Gasteiger partial charge is 0.168 e. The first kappa shape index (κ1) is 11.2. The lowest BCUT2D eigenvalue weighted by Gasteiger charge is -2.26. The predicted octanol–water partition coefficient (Wildman–Crippen LogP) is 3.61. The van der Waals surface area contributed by atoms with E-state index in [0.29, 0.717) is 0 Å². The molecule has 2 bridgehead atoms. The zero-order valence-corrected chi connectivity index (χ0v) is 11.4. The average Bonchev–Trinajstić information content (AvgIpc) is 2.31. The van der Waals surface area contributed by atoms with Gasteiger partial charge in [0.05, 0.1) is 0 Å². The first-order chi connectivity index (χ1) is 7.05. The number of benzene rings is 1. The summed E-state index contributed by atoms with van der Waals surface area (Å²) in [6.45, 7) is 6.46. The standard InChI is InChI=1S/C12H15IO2/c1-4-8-5-6-9-7-10(8)14-15-11(13)12(9,2)3/h5-7,11H,4H2,1-3H3. The molecule has 0 aliphatic carbocycles. The van der Waals surface area contributed by atoms with Crippen molar-refractivity contribution >= 4 is 22.6 Å². The molecule has 2 nitrogen and oxygen atoms in total. The van der Waals surface area contributed by atoms with Crippen LogP contribution >= 0.6 is 22.6 Å². The second kappa shape index (κ2) is 3.94. The molecule has 0 spiro atoms. The van der Waals surface area contributed by atoms with Gasteiger partial charge in [0.25, 0.3) is 0 Å². The molecule has 0 amide bonds. The van der Waals surface area contributed by atoms with Crippen LogP contribution in [0.1, 0.15) is 31.9 Å². The van der Waals surface area contributed by atoms with Crippen LogP contribution in [-0.2, 0) is 16.7 Å². The Morgan fingerprint density at radius 1 is 1.40 bits per heavy atom.